The van der Waals surface area contributed by atoms with Gasteiger partial charge in [-0.3, -0.25) is 4.79 Å². The fourth-order valence-corrected chi connectivity index (χ4v) is 1.64. The quantitative estimate of drug-likeness (QED) is 0.524. The Labute approximate surface area is 113 Å². The van der Waals surface area contributed by atoms with Gasteiger partial charge in [0.05, 0.1) is 5.56 Å². The van der Waals surface area contributed by atoms with E-state index in [1.807, 2.05) is 0 Å². The molecule has 1 saturated carbocycles. The van der Waals surface area contributed by atoms with Gasteiger partial charge < -0.3 is 5.32 Å². The molecule has 1 aliphatic carbocycles. The summed E-state index contributed by atoms with van der Waals surface area (Å²) < 4.78 is 40.3. The average molecular weight is 280 g/mol. The molecule has 0 radical (unpaired) electrons. The first-order valence-electron chi connectivity index (χ1n) is 6.00. The zero-order valence-electron chi connectivity index (χ0n) is 10.6. The highest BCUT2D eigenvalue weighted by molar-refractivity contribution is 6.08. The van der Waals surface area contributed by atoms with Gasteiger partial charge in [-0.15, -0.1) is 0 Å². The molecule has 1 aromatic rings. The van der Waals surface area contributed by atoms with Crippen molar-refractivity contribution in [2.75, 3.05) is 0 Å². The Morgan fingerprint density at radius 3 is 2.60 bits per heavy atom. The first kappa shape index (κ1) is 14.1. The van der Waals surface area contributed by atoms with Crippen molar-refractivity contribution in [1.29, 1.82) is 5.26 Å². The highest BCUT2D eigenvalue weighted by Gasteiger charge is 2.24. The van der Waals surface area contributed by atoms with Crippen LogP contribution in [0.1, 0.15) is 35.7 Å². The summed E-state index contributed by atoms with van der Waals surface area (Å²) in [6, 6.07) is 2.00. The normalized spacial score (nSPS) is 14.8. The summed E-state index contributed by atoms with van der Waals surface area (Å²) in [5, 5.41) is 11.6. The third-order valence-electron chi connectivity index (χ3n) is 2.98. The molecule has 1 aliphatic rings. The Bertz CT molecular complexity index is 643. The standard InChI is InChI=1S/C14H11F3N2O/c1-7(6-19-8-2-3-8)14(20)9-4-11(15)13(17)10(5-18)12(9)16/h4,6,8,19H,2-3H2,1H3. The van der Waals surface area contributed by atoms with E-state index in [1.54, 1.807) is 0 Å². The van der Waals surface area contributed by atoms with Crippen molar-refractivity contribution in [2.24, 2.45) is 0 Å². The van der Waals surface area contributed by atoms with Crippen LogP contribution in [-0.2, 0) is 0 Å². The lowest BCUT2D eigenvalue weighted by Gasteiger charge is -2.06. The average Bonchev–Trinajstić information content (AvgIpc) is 3.24. The monoisotopic (exact) mass is 280 g/mol. The highest BCUT2D eigenvalue weighted by Crippen LogP contribution is 2.22. The summed E-state index contributed by atoms with van der Waals surface area (Å²) in [6.07, 6.45) is 3.42. The predicted octanol–water partition coefficient (Wildman–Crippen LogP) is 2.81. The second-order valence-electron chi connectivity index (χ2n) is 4.62. The number of nitrogens with one attached hydrogen (secondary N) is 1. The lowest BCUT2D eigenvalue weighted by molar-refractivity contribution is 0.102. The topological polar surface area (TPSA) is 52.9 Å². The van der Waals surface area contributed by atoms with Gasteiger partial charge in [-0.05, 0) is 25.8 Å². The van der Waals surface area contributed by atoms with E-state index < -0.39 is 34.4 Å². The fourth-order valence-electron chi connectivity index (χ4n) is 1.64. The summed E-state index contributed by atoms with van der Waals surface area (Å²) in [7, 11) is 0. The summed E-state index contributed by atoms with van der Waals surface area (Å²) in [5.41, 5.74) is -1.58. The van der Waals surface area contributed by atoms with Crippen LogP contribution in [0.25, 0.3) is 0 Å². The van der Waals surface area contributed by atoms with Crippen LogP contribution in [-0.4, -0.2) is 11.8 Å². The molecule has 0 saturated heterocycles. The van der Waals surface area contributed by atoms with Crippen LogP contribution in [0.3, 0.4) is 0 Å². The van der Waals surface area contributed by atoms with Crippen molar-refractivity contribution in [3.8, 4) is 6.07 Å². The number of carbonyl (C=O) groups is 1. The first-order valence-corrected chi connectivity index (χ1v) is 6.00. The van der Waals surface area contributed by atoms with Gasteiger partial charge in [-0.1, -0.05) is 0 Å². The van der Waals surface area contributed by atoms with Crippen LogP contribution in [0.15, 0.2) is 17.8 Å². The van der Waals surface area contributed by atoms with Crippen LogP contribution in [0.2, 0.25) is 0 Å². The number of halogens is 3. The number of benzene rings is 1. The van der Waals surface area contributed by atoms with Crippen LogP contribution < -0.4 is 5.32 Å². The second kappa shape index (κ2) is 5.37. The third kappa shape index (κ3) is 2.67. The molecule has 104 valence electrons. The van der Waals surface area contributed by atoms with Crippen molar-refractivity contribution in [2.45, 2.75) is 25.8 Å². The van der Waals surface area contributed by atoms with Gasteiger partial charge in [0.1, 0.15) is 11.6 Å². The Hall–Kier alpha value is -2.29. The van der Waals surface area contributed by atoms with E-state index in [2.05, 4.69) is 5.32 Å². The third-order valence-corrected chi connectivity index (χ3v) is 2.98. The van der Waals surface area contributed by atoms with Crippen LogP contribution in [0.4, 0.5) is 13.2 Å². The van der Waals surface area contributed by atoms with E-state index in [0.29, 0.717) is 12.1 Å². The summed E-state index contributed by atoms with van der Waals surface area (Å²) in [5.74, 6) is -5.13. The first-order chi connectivity index (χ1) is 9.45. The number of hydrogen-bond acceptors (Lipinski definition) is 3. The number of hydrogen-bond donors (Lipinski definition) is 1. The number of Topliss-reactive ketones (excluding diaryl/α,β-unsaturated/α-hetero) is 1. The molecule has 6 heteroatoms. The fraction of sp³-hybridized carbons (Fsp3) is 0.286. The molecule has 0 unspecified atom stereocenters. The molecule has 3 nitrogen and oxygen atoms in total. The number of nitrogens with zero attached hydrogens (tertiary/aromatic N) is 1. The van der Waals surface area contributed by atoms with Crippen molar-refractivity contribution in [3.63, 3.8) is 0 Å². The van der Waals surface area contributed by atoms with Crippen molar-refractivity contribution < 1.29 is 18.0 Å². The van der Waals surface area contributed by atoms with Crippen LogP contribution in [0.5, 0.6) is 0 Å². The highest BCUT2D eigenvalue weighted by atomic mass is 19.2. The van der Waals surface area contributed by atoms with Gasteiger partial charge in [0, 0.05) is 17.8 Å². The predicted molar refractivity (Wildman–Crippen MR) is 65.3 cm³/mol. The van der Waals surface area contributed by atoms with Gasteiger partial charge in [0.2, 0.25) is 0 Å². The van der Waals surface area contributed by atoms with Gasteiger partial charge in [-0.25, -0.2) is 13.2 Å². The molecule has 0 atom stereocenters. The van der Waals surface area contributed by atoms with Crippen LogP contribution in [0, 0.1) is 28.8 Å². The molecule has 0 spiro atoms. The van der Waals surface area contributed by atoms with E-state index in [4.69, 9.17) is 5.26 Å². The summed E-state index contributed by atoms with van der Waals surface area (Å²) in [6.45, 7) is 1.43. The number of nitriles is 1. The number of allylic oxidation sites excluding steroid dienone is 1. The Balaban J connectivity index is 2.36. The van der Waals surface area contributed by atoms with Gasteiger partial charge in [0.15, 0.2) is 23.2 Å². The minimum Gasteiger partial charge on any atom is -0.388 e. The van der Waals surface area contributed by atoms with E-state index in [-0.39, 0.29) is 5.57 Å². The molecular formula is C14H11F3N2O. The van der Waals surface area contributed by atoms with Crippen LogP contribution >= 0.6 is 0 Å². The molecule has 2 rings (SSSR count). The second-order valence-corrected chi connectivity index (χ2v) is 4.62. The molecule has 0 heterocycles. The lowest BCUT2D eigenvalue weighted by atomic mass is 10.0. The Morgan fingerprint density at radius 1 is 1.40 bits per heavy atom. The maximum Gasteiger partial charge on any atom is 0.193 e. The van der Waals surface area contributed by atoms with Crippen molar-refractivity contribution >= 4 is 5.78 Å². The molecule has 1 N–H and O–H groups in total. The van der Waals surface area contributed by atoms with E-state index >= 15 is 0 Å². The smallest absolute Gasteiger partial charge is 0.193 e. The molecule has 0 aromatic heterocycles. The number of carbonyl (C=O) groups excluding carboxylic acids is 1. The molecule has 20 heavy (non-hydrogen) atoms. The SMILES string of the molecule is CC(=CNC1CC1)C(=O)c1cc(F)c(F)c(C#N)c1F. The van der Waals surface area contributed by atoms with Gasteiger partial charge in [0.25, 0.3) is 0 Å². The molecule has 1 fully saturated rings. The van der Waals surface area contributed by atoms with E-state index in [0.717, 1.165) is 12.8 Å². The van der Waals surface area contributed by atoms with Gasteiger partial charge >= 0.3 is 0 Å². The molecule has 0 aliphatic heterocycles. The maximum atomic E-state index is 13.8. The minimum absolute atomic E-state index is 0.158. The van der Waals surface area contributed by atoms with E-state index in [1.165, 1.54) is 19.2 Å². The summed E-state index contributed by atoms with van der Waals surface area (Å²) in [4.78, 5) is 12.0. The van der Waals surface area contributed by atoms with Crippen molar-refractivity contribution in [1.82, 2.24) is 5.32 Å². The summed E-state index contributed by atoms with van der Waals surface area (Å²) >= 11 is 0. The molecule has 1 aromatic carbocycles. The largest absolute Gasteiger partial charge is 0.388 e. The maximum absolute atomic E-state index is 13.8. The zero-order chi connectivity index (χ0) is 14.9. The molecule has 0 amide bonds. The van der Waals surface area contributed by atoms with E-state index in [9.17, 15) is 18.0 Å². The van der Waals surface area contributed by atoms with Crippen molar-refractivity contribution in [3.05, 3.63) is 46.4 Å². The number of rotatable bonds is 4. The zero-order valence-corrected chi connectivity index (χ0v) is 10.6. The number of ketones is 1. The van der Waals surface area contributed by atoms with Gasteiger partial charge in [-0.2, -0.15) is 5.26 Å². The minimum atomic E-state index is -1.58. The molecule has 0 bridgehead atoms. The Morgan fingerprint density at radius 2 is 2.05 bits per heavy atom. The Kier molecular flexibility index (Phi) is 3.79. The molecular weight excluding hydrogens is 269 g/mol. The lowest BCUT2D eigenvalue weighted by Crippen LogP contribution is -2.13.